The first kappa shape index (κ1) is 10.00. The van der Waals surface area contributed by atoms with E-state index in [0.717, 1.165) is 16.7 Å². The van der Waals surface area contributed by atoms with Crippen LogP contribution in [0, 0.1) is 18.3 Å². The maximum Gasteiger partial charge on any atom is 0.192 e. The highest BCUT2D eigenvalue weighted by molar-refractivity contribution is 7.10. The standard InChI is InChI=1S/C12H7N3OS/c1-7-15-9-4-8(2-3-10(9)16-7)12-11(5-13)17-6-14-12/h2-4,6H,1H3. The molecule has 3 aromatic rings. The molecule has 0 aliphatic heterocycles. The summed E-state index contributed by atoms with van der Waals surface area (Å²) in [6.07, 6.45) is 0. The lowest BCUT2D eigenvalue weighted by Gasteiger charge is -1.96. The molecule has 4 nitrogen and oxygen atoms in total. The number of fused-ring (bicyclic) bond motifs is 1. The molecule has 82 valence electrons. The van der Waals surface area contributed by atoms with Gasteiger partial charge in [0.25, 0.3) is 0 Å². The fourth-order valence-corrected chi connectivity index (χ4v) is 2.32. The van der Waals surface area contributed by atoms with E-state index in [9.17, 15) is 0 Å². The summed E-state index contributed by atoms with van der Waals surface area (Å²) in [5.74, 6) is 0.635. The van der Waals surface area contributed by atoms with Crippen LogP contribution in [0.4, 0.5) is 0 Å². The largest absolute Gasteiger partial charge is 0.441 e. The van der Waals surface area contributed by atoms with Crippen LogP contribution >= 0.6 is 11.3 Å². The quantitative estimate of drug-likeness (QED) is 0.656. The zero-order valence-corrected chi connectivity index (χ0v) is 9.78. The average Bonchev–Trinajstić information content (AvgIpc) is 2.91. The zero-order valence-electron chi connectivity index (χ0n) is 8.97. The van der Waals surface area contributed by atoms with E-state index in [0.29, 0.717) is 16.5 Å². The van der Waals surface area contributed by atoms with Gasteiger partial charge in [0.15, 0.2) is 11.5 Å². The molecule has 0 fully saturated rings. The number of hydrogen-bond donors (Lipinski definition) is 0. The third-order valence-corrected chi connectivity index (χ3v) is 3.17. The molecule has 2 aromatic heterocycles. The summed E-state index contributed by atoms with van der Waals surface area (Å²) in [4.78, 5) is 9.09. The van der Waals surface area contributed by atoms with Crippen molar-refractivity contribution in [2.24, 2.45) is 0 Å². The summed E-state index contributed by atoms with van der Waals surface area (Å²) in [7, 11) is 0. The lowest BCUT2D eigenvalue weighted by molar-refractivity contribution is 0.561. The van der Waals surface area contributed by atoms with Gasteiger partial charge in [-0.3, -0.25) is 0 Å². The Morgan fingerprint density at radius 2 is 2.29 bits per heavy atom. The highest BCUT2D eigenvalue weighted by Gasteiger charge is 2.10. The number of rotatable bonds is 1. The van der Waals surface area contributed by atoms with Crippen molar-refractivity contribution in [3.05, 3.63) is 34.5 Å². The summed E-state index contributed by atoms with van der Waals surface area (Å²) < 4.78 is 5.40. The number of aromatic nitrogens is 2. The van der Waals surface area contributed by atoms with E-state index in [4.69, 9.17) is 9.68 Å². The van der Waals surface area contributed by atoms with E-state index >= 15 is 0 Å². The molecule has 0 saturated heterocycles. The van der Waals surface area contributed by atoms with Crippen molar-refractivity contribution in [2.45, 2.75) is 6.92 Å². The molecule has 0 saturated carbocycles. The monoisotopic (exact) mass is 241 g/mol. The van der Waals surface area contributed by atoms with Gasteiger partial charge in [0.05, 0.1) is 11.2 Å². The first-order valence-electron chi connectivity index (χ1n) is 4.99. The second-order valence-corrected chi connectivity index (χ2v) is 4.41. The number of oxazole rings is 1. The number of benzene rings is 1. The minimum atomic E-state index is 0.615. The van der Waals surface area contributed by atoms with E-state index in [2.05, 4.69) is 16.0 Å². The molecule has 0 amide bonds. The number of aryl methyl sites for hydroxylation is 1. The van der Waals surface area contributed by atoms with Gasteiger partial charge in [0.1, 0.15) is 16.5 Å². The second kappa shape index (κ2) is 3.68. The van der Waals surface area contributed by atoms with Crippen LogP contribution in [0.25, 0.3) is 22.4 Å². The minimum Gasteiger partial charge on any atom is -0.441 e. The Balaban J connectivity index is 2.21. The topological polar surface area (TPSA) is 62.7 Å². The zero-order chi connectivity index (χ0) is 11.8. The Morgan fingerprint density at radius 3 is 3.12 bits per heavy atom. The van der Waals surface area contributed by atoms with Gasteiger partial charge < -0.3 is 4.42 Å². The molecule has 0 aliphatic carbocycles. The van der Waals surface area contributed by atoms with Crippen LogP contribution in [0.2, 0.25) is 0 Å². The summed E-state index contributed by atoms with van der Waals surface area (Å²) in [5, 5.41) is 8.97. The lowest BCUT2D eigenvalue weighted by atomic mass is 10.1. The van der Waals surface area contributed by atoms with Crippen LogP contribution in [0.1, 0.15) is 10.8 Å². The highest BCUT2D eigenvalue weighted by Crippen LogP contribution is 2.27. The fraction of sp³-hybridized carbons (Fsp3) is 0.0833. The maximum atomic E-state index is 8.97. The first-order valence-corrected chi connectivity index (χ1v) is 5.87. The average molecular weight is 241 g/mol. The van der Waals surface area contributed by atoms with Crippen LogP contribution in [0.3, 0.4) is 0 Å². The lowest BCUT2D eigenvalue weighted by Crippen LogP contribution is -1.81. The van der Waals surface area contributed by atoms with Gasteiger partial charge >= 0.3 is 0 Å². The van der Waals surface area contributed by atoms with Crippen molar-refractivity contribution in [2.75, 3.05) is 0 Å². The SMILES string of the molecule is Cc1nc2cc(-c3ncsc3C#N)ccc2o1. The Labute approximate surface area is 101 Å². The third kappa shape index (κ3) is 1.59. The van der Waals surface area contributed by atoms with Gasteiger partial charge in [-0.05, 0) is 18.2 Å². The first-order chi connectivity index (χ1) is 8.28. The van der Waals surface area contributed by atoms with E-state index in [-0.39, 0.29) is 0 Å². The van der Waals surface area contributed by atoms with Crippen LogP contribution in [0.5, 0.6) is 0 Å². The van der Waals surface area contributed by atoms with Gasteiger partial charge in [-0.2, -0.15) is 5.26 Å². The summed E-state index contributed by atoms with van der Waals surface area (Å²) in [6, 6.07) is 7.77. The van der Waals surface area contributed by atoms with Crippen LogP contribution in [-0.4, -0.2) is 9.97 Å². The second-order valence-electron chi connectivity index (χ2n) is 3.56. The fourth-order valence-electron chi connectivity index (χ4n) is 1.72. The molecule has 0 radical (unpaired) electrons. The Kier molecular flexibility index (Phi) is 2.16. The van der Waals surface area contributed by atoms with Crippen molar-refractivity contribution in [3.63, 3.8) is 0 Å². The minimum absolute atomic E-state index is 0.615. The number of thiazole rings is 1. The van der Waals surface area contributed by atoms with Crippen LogP contribution < -0.4 is 0 Å². The molecule has 3 rings (SSSR count). The summed E-state index contributed by atoms with van der Waals surface area (Å²) >= 11 is 1.34. The molecule has 0 aliphatic rings. The molecular weight excluding hydrogens is 234 g/mol. The normalized spacial score (nSPS) is 10.6. The van der Waals surface area contributed by atoms with E-state index in [1.807, 2.05) is 25.1 Å². The third-order valence-electron chi connectivity index (χ3n) is 2.44. The van der Waals surface area contributed by atoms with Gasteiger partial charge in [0.2, 0.25) is 0 Å². The van der Waals surface area contributed by atoms with E-state index < -0.39 is 0 Å². The highest BCUT2D eigenvalue weighted by atomic mass is 32.1. The van der Waals surface area contributed by atoms with Crippen molar-refractivity contribution in [1.29, 1.82) is 5.26 Å². The molecule has 0 spiro atoms. The summed E-state index contributed by atoms with van der Waals surface area (Å²) in [6.45, 7) is 1.81. The van der Waals surface area contributed by atoms with Crippen LogP contribution in [-0.2, 0) is 0 Å². The molecule has 5 heteroatoms. The predicted octanol–water partition coefficient (Wildman–Crippen LogP) is 3.13. The van der Waals surface area contributed by atoms with Gasteiger partial charge in [0, 0.05) is 12.5 Å². The van der Waals surface area contributed by atoms with Crippen molar-refractivity contribution in [3.8, 4) is 17.3 Å². The Bertz CT molecular complexity index is 736. The van der Waals surface area contributed by atoms with Crippen molar-refractivity contribution >= 4 is 22.4 Å². The molecule has 17 heavy (non-hydrogen) atoms. The van der Waals surface area contributed by atoms with Gasteiger partial charge in [-0.15, -0.1) is 11.3 Å². The Morgan fingerprint density at radius 1 is 1.41 bits per heavy atom. The molecule has 2 heterocycles. The van der Waals surface area contributed by atoms with E-state index in [1.165, 1.54) is 11.3 Å². The molecule has 0 bridgehead atoms. The van der Waals surface area contributed by atoms with Crippen molar-refractivity contribution in [1.82, 2.24) is 9.97 Å². The van der Waals surface area contributed by atoms with E-state index in [1.54, 1.807) is 5.51 Å². The molecule has 0 atom stereocenters. The molecule has 0 unspecified atom stereocenters. The molecule has 1 aromatic carbocycles. The maximum absolute atomic E-state index is 8.97. The summed E-state index contributed by atoms with van der Waals surface area (Å²) in [5.41, 5.74) is 4.81. The predicted molar refractivity (Wildman–Crippen MR) is 64.6 cm³/mol. The Hall–Kier alpha value is -2.19. The number of nitriles is 1. The number of hydrogen-bond acceptors (Lipinski definition) is 5. The van der Waals surface area contributed by atoms with Gasteiger partial charge in [-0.1, -0.05) is 0 Å². The van der Waals surface area contributed by atoms with Crippen molar-refractivity contribution < 1.29 is 4.42 Å². The van der Waals surface area contributed by atoms with Gasteiger partial charge in [-0.25, -0.2) is 9.97 Å². The smallest absolute Gasteiger partial charge is 0.192 e. The van der Waals surface area contributed by atoms with Crippen LogP contribution in [0.15, 0.2) is 28.1 Å². The molecule has 0 N–H and O–H groups in total. The number of nitrogens with zero attached hydrogens (tertiary/aromatic N) is 3. The molecular formula is C12H7N3OS.